The summed E-state index contributed by atoms with van der Waals surface area (Å²) in [5.74, 6) is -0.132. The second kappa shape index (κ2) is 6.71. The van der Waals surface area contributed by atoms with Gasteiger partial charge in [-0.15, -0.1) is 0 Å². The van der Waals surface area contributed by atoms with Crippen molar-refractivity contribution in [1.82, 2.24) is 5.32 Å². The van der Waals surface area contributed by atoms with E-state index in [0.29, 0.717) is 18.9 Å². The highest BCUT2D eigenvalue weighted by atomic mass is 19.1. The van der Waals surface area contributed by atoms with Crippen LogP contribution in [0, 0.1) is 5.82 Å². The minimum atomic E-state index is -0.132. The molecule has 0 aromatic heterocycles. The average Bonchev–Trinajstić information content (AvgIpc) is 2.40. The molecule has 0 radical (unpaired) electrons. The van der Waals surface area contributed by atoms with Crippen LogP contribution in [0.2, 0.25) is 0 Å². The van der Waals surface area contributed by atoms with Gasteiger partial charge in [-0.3, -0.25) is 0 Å². The SMILES string of the molecule is CCCNCc1ccc(N2CCOCC2)c(F)c1. The van der Waals surface area contributed by atoms with Crippen LogP contribution >= 0.6 is 0 Å². The van der Waals surface area contributed by atoms with E-state index in [0.717, 1.165) is 38.2 Å². The van der Waals surface area contributed by atoms with Crippen molar-refractivity contribution in [2.45, 2.75) is 19.9 Å². The van der Waals surface area contributed by atoms with Gasteiger partial charge in [0.1, 0.15) is 5.82 Å². The Morgan fingerprint density at radius 2 is 2.11 bits per heavy atom. The normalized spacial score (nSPS) is 16.0. The minimum Gasteiger partial charge on any atom is -0.378 e. The van der Waals surface area contributed by atoms with E-state index in [-0.39, 0.29) is 5.82 Å². The third kappa shape index (κ3) is 3.43. The number of halogens is 1. The number of nitrogens with zero attached hydrogens (tertiary/aromatic N) is 1. The lowest BCUT2D eigenvalue weighted by molar-refractivity contribution is 0.122. The van der Waals surface area contributed by atoms with E-state index in [1.807, 2.05) is 17.0 Å². The van der Waals surface area contributed by atoms with E-state index in [4.69, 9.17) is 4.74 Å². The highest BCUT2D eigenvalue weighted by Crippen LogP contribution is 2.21. The monoisotopic (exact) mass is 252 g/mol. The number of ether oxygens (including phenoxy) is 1. The number of morpholine rings is 1. The molecule has 3 nitrogen and oxygen atoms in total. The molecule has 1 aliphatic rings. The molecule has 1 saturated heterocycles. The van der Waals surface area contributed by atoms with Gasteiger partial charge in [-0.2, -0.15) is 0 Å². The maximum absolute atomic E-state index is 14.0. The van der Waals surface area contributed by atoms with E-state index >= 15 is 0 Å². The molecule has 2 rings (SSSR count). The molecule has 0 amide bonds. The molecular weight excluding hydrogens is 231 g/mol. The summed E-state index contributed by atoms with van der Waals surface area (Å²) in [4.78, 5) is 2.04. The molecule has 0 aliphatic carbocycles. The lowest BCUT2D eigenvalue weighted by Crippen LogP contribution is -2.36. The van der Waals surface area contributed by atoms with Crippen molar-refractivity contribution in [3.05, 3.63) is 29.6 Å². The number of hydrogen-bond acceptors (Lipinski definition) is 3. The fraction of sp³-hybridized carbons (Fsp3) is 0.571. The first-order valence-corrected chi connectivity index (χ1v) is 6.63. The third-order valence-corrected chi connectivity index (χ3v) is 3.12. The lowest BCUT2D eigenvalue weighted by atomic mass is 10.1. The van der Waals surface area contributed by atoms with Gasteiger partial charge >= 0.3 is 0 Å². The Bertz CT molecular complexity index is 378. The molecule has 100 valence electrons. The summed E-state index contributed by atoms with van der Waals surface area (Å²) in [7, 11) is 0. The number of nitrogens with one attached hydrogen (secondary N) is 1. The van der Waals surface area contributed by atoms with Crippen LogP contribution < -0.4 is 10.2 Å². The number of anilines is 1. The predicted octanol–water partition coefficient (Wildman–Crippen LogP) is 2.16. The minimum absolute atomic E-state index is 0.132. The number of rotatable bonds is 5. The Kier molecular flexibility index (Phi) is 4.96. The van der Waals surface area contributed by atoms with Crippen LogP contribution in [0.5, 0.6) is 0 Å². The maximum Gasteiger partial charge on any atom is 0.146 e. The molecule has 1 aromatic rings. The molecule has 0 spiro atoms. The number of benzene rings is 1. The Hall–Kier alpha value is -1.13. The number of hydrogen-bond donors (Lipinski definition) is 1. The Labute approximate surface area is 108 Å². The highest BCUT2D eigenvalue weighted by molar-refractivity contribution is 5.49. The van der Waals surface area contributed by atoms with Gasteiger partial charge in [-0.25, -0.2) is 4.39 Å². The Balaban J connectivity index is 2.00. The molecule has 1 heterocycles. The maximum atomic E-state index is 14.0. The van der Waals surface area contributed by atoms with Gasteiger partial charge in [0.05, 0.1) is 18.9 Å². The van der Waals surface area contributed by atoms with Gasteiger partial charge in [-0.05, 0) is 30.7 Å². The van der Waals surface area contributed by atoms with Crippen LogP contribution in [0.3, 0.4) is 0 Å². The molecule has 1 N–H and O–H groups in total. The third-order valence-electron chi connectivity index (χ3n) is 3.12. The molecule has 0 unspecified atom stereocenters. The fourth-order valence-corrected chi connectivity index (χ4v) is 2.13. The van der Waals surface area contributed by atoms with Crippen LogP contribution in [0.1, 0.15) is 18.9 Å². The summed E-state index contributed by atoms with van der Waals surface area (Å²) in [6.45, 7) is 6.71. The highest BCUT2D eigenvalue weighted by Gasteiger charge is 2.14. The van der Waals surface area contributed by atoms with Crippen molar-refractivity contribution in [1.29, 1.82) is 0 Å². The summed E-state index contributed by atoms with van der Waals surface area (Å²) in [5.41, 5.74) is 1.69. The van der Waals surface area contributed by atoms with Gasteiger partial charge in [0.25, 0.3) is 0 Å². The predicted molar refractivity (Wildman–Crippen MR) is 71.4 cm³/mol. The van der Waals surface area contributed by atoms with E-state index in [9.17, 15) is 4.39 Å². The molecule has 1 aromatic carbocycles. The lowest BCUT2D eigenvalue weighted by Gasteiger charge is -2.29. The first kappa shape index (κ1) is 13.3. The second-order valence-electron chi connectivity index (χ2n) is 4.56. The van der Waals surface area contributed by atoms with Crippen LogP contribution in [0.15, 0.2) is 18.2 Å². The van der Waals surface area contributed by atoms with Crippen molar-refractivity contribution in [3.63, 3.8) is 0 Å². The van der Waals surface area contributed by atoms with Gasteiger partial charge in [-0.1, -0.05) is 13.0 Å². The van der Waals surface area contributed by atoms with Crippen LogP contribution in [0.4, 0.5) is 10.1 Å². The van der Waals surface area contributed by atoms with Crippen molar-refractivity contribution < 1.29 is 9.13 Å². The molecule has 0 saturated carbocycles. The van der Waals surface area contributed by atoms with Crippen molar-refractivity contribution in [2.75, 3.05) is 37.7 Å². The topological polar surface area (TPSA) is 24.5 Å². The first-order valence-electron chi connectivity index (χ1n) is 6.63. The van der Waals surface area contributed by atoms with Gasteiger partial charge in [0, 0.05) is 19.6 Å². The average molecular weight is 252 g/mol. The van der Waals surface area contributed by atoms with Crippen molar-refractivity contribution in [3.8, 4) is 0 Å². The van der Waals surface area contributed by atoms with Crippen molar-refractivity contribution in [2.24, 2.45) is 0 Å². The molecule has 1 fully saturated rings. The summed E-state index contributed by atoms with van der Waals surface area (Å²) >= 11 is 0. The van der Waals surface area contributed by atoms with E-state index < -0.39 is 0 Å². The quantitative estimate of drug-likeness (QED) is 0.813. The first-order chi connectivity index (χ1) is 8.81. The van der Waals surface area contributed by atoms with Gasteiger partial charge < -0.3 is 15.0 Å². The van der Waals surface area contributed by atoms with E-state index in [2.05, 4.69) is 12.2 Å². The zero-order valence-corrected chi connectivity index (χ0v) is 10.9. The summed E-state index contributed by atoms with van der Waals surface area (Å²) in [6.07, 6.45) is 1.09. The Morgan fingerprint density at radius 1 is 1.33 bits per heavy atom. The summed E-state index contributed by atoms with van der Waals surface area (Å²) < 4.78 is 19.3. The van der Waals surface area contributed by atoms with Crippen LogP contribution in [-0.4, -0.2) is 32.8 Å². The van der Waals surface area contributed by atoms with E-state index in [1.54, 1.807) is 6.07 Å². The van der Waals surface area contributed by atoms with Gasteiger partial charge in [0.2, 0.25) is 0 Å². The van der Waals surface area contributed by atoms with Gasteiger partial charge in [0.15, 0.2) is 0 Å². The molecular formula is C14H21FN2O. The molecule has 0 bridgehead atoms. The van der Waals surface area contributed by atoms with Crippen molar-refractivity contribution >= 4 is 5.69 Å². The second-order valence-corrected chi connectivity index (χ2v) is 4.56. The molecule has 0 atom stereocenters. The standard InChI is InChI=1S/C14H21FN2O/c1-2-5-16-11-12-3-4-14(13(15)10-12)17-6-8-18-9-7-17/h3-4,10,16H,2,5-9,11H2,1H3. The fourth-order valence-electron chi connectivity index (χ4n) is 2.13. The molecule has 4 heteroatoms. The summed E-state index contributed by atoms with van der Waals surface area (Å²) in [5, 5.41) is 3.28. The zero-order valence-electron chi connectivity index (χ0n) is 10.9. The molecule has 18 heavy (non-hydrogen) atoms. The smallest absolute Gasteiger partial charge is 0.146 e. The summed E-state index contributed by atoms with van der Waals surface area (Å²) in [6, 6.07) is 5.51. The van der Waals surface area contributed by atoms with E-state index in [1.165, 1.54) is 0 Å². The largest absolute Gasteiger partial charge is 0.378 e. The Morgan fingerprint density at radius 3 is 2.78 bits per heavy atom. The van der Waals surface area contributed by atoms with Crippen LogP contribution in [0.25, 0.3) is 0 Å². The van der Waals surface area contributed by atoms with Crippen LogP contribution in [-0.2, 0) is 11.3 Å². The zero-order chi connectivity index (χ0) is 12.8. The molecule has 1 aliphatic heterocycles.